The number of sulfonamides is 2. The normalized spacial score (nSPS) is 27.6. The van der Waals surface area contributed by atoms with E-state index in [0.717, 1.165) is 4.31 Å². The first-order valence-corrected chi connectivity index (χ1v) is 11.0. The van der Waals surface area contributed by atoms with Gasteiger partial charge in [0.25, 0.3) is 0 Å². The van der Waals surface area contributed by atoms with Crippen molar-refractivity contribution < 1.29 is 26.4 Å². The highest BCUT2D eigenvalue weighted by Gasteiger charge is 2.42. The van der Waals surface area contributed by atoms with Crippen molar-refractivity contribution in [1.82, 2.24) is 4.31 Å². The fraction of sp³-hybridized carbons (Fsp3) is 0.533. The van der Waals surface area contributed by atoms with Crippen LogP contribution < -0.4 is 4.31 Å². The van der Waals surface area contributed by atoms with Gasteiger partial charge < -0.3 is 4.74 Å². The highest BCUT2D eigenvalue weighted by Crippen LogP contribution is 2.29. The molecule has 25 heavy (non-hydrogen) atoms. The van der Waals surface area contributed by atoms with Gasteiger partial charge in [-0.05, 0) is 31.2 Å². The van der Waals surface area contributed by atoms with E-state index in [9.17, 15) is 21.6 Å². The van der Waals surface area contributed by atoms with Crippen LogP contribution in [-0.2, 0) is 29.6 Å². The summed E-state index contributed by atoms with van der Waals surface area (Å²) in [6.45, 7) is 4.22. The summed E-state index contributed by atoms with van der Waals surface area (Å²) >= 11 is 0. The lowest BCUT2D eigenvalue weighted by atomic mass is 10.2. The third kappa shape index (κ3) is 3.31. The smallest absolute Gasteiger partial charge is 0.244 e. The van der Waals surface area contributed by atoms with Gasteiger partial charge in [-0.3, -0.25) is 4.79 Å². The second-order valence-corrected chi connectivity index (χ2v) is 10.1. The van der Waals surface area contributed by atoms with Gasteiger partial charge >= 0.3 is 0 Å². The maximum atomic E-state index is 12.7. The predicted molar refractivity (Wildman–Crippen MR) is 91.1 cm³/mol. The Kier molecular flexibility index (Phi) is 4.65. The Morgan fingerprint density at radius 2 is 1.80 bits per heavy atom. The molecule has 1 aromatic carbocycles. The highest BCUT2D eigenvalue weighted by molar-refractivity contribution is 7.94. The highest BCUT2D eigenvalue weighted by atomic mass is 32.2. The fourth-order valence-corrected chi connectivity index (χ4v) is 6.31. The third-order valence-electron chi connectivity index (χ3n) is 4.27. The van der Waals surface area contributed by atoms with Gasteiger partial charge in [0.2, 0.25) is 26.0 Å². The topological polar surface area (TPSA) is 101 Å². The molecule has 1 amide bonds. The first kappa shape index (κ1) is 18.3. The van der Waals surface area contributed by atoms with Gasteiger partial charge in [0.15, 0.2) is 0 Å². The van der Waals surface area contributed by atoms with Crippen molar-refractivity contribution in [2.45, 2.75) is 24.8 Å². The van der Waals surface area contributed by atoms with Crippen LogP contribution in [0.3, 0.4) is 0 Å². The van der Waals surface area contributed by atoms with Crippen molar-refractivity contribution >= 4 is 31.6 Å². The van der Waals surface area contributed by atoms with E-state index in [4.69, 9.17) is 4.74 Å². The second-order valence-electron chi connectivity index (χ2n) is 6.32. The predicted octanol–water partition coefficient (Wildman–Crippen LogP) is 0.409. The van der Waals surface area contributed by atoms with Gasteiger partial charge in [0, 0.05) is 13.1 Å². The molecule has 8 nitrogen and oxygen atoms in total. The molecule has 10 heteroatoms. The number of hydrogen-bond donors (Lipinski definition) is 0. The summed E-state index contributed by atoms with van der Waals surface area (Å²) in [4.78, 5) is 12.2. The monoisotopic (exact) mass is 388 g/mol. The molecule has 0 N–H and O–H groups in total. The summed E-state index contributed by atoms with van der Waals surface area (Å²) < 4.78 is 57.0. The van der Waals surface area contributed by atoms with Crippen molar-refractivity contribution in [1.29, 1.82) is 0 Å². The zero-order valence-electron chi connectivity index (χ0n) is 14.0. The Balaban J connectivity index is 1.89. The van der Waals surface area contributed by atoms with E-state index in [1.165, 1.54) is 28.6 Å². The minimum absolute atomic E-state index is 0.0578. The number of amides is 1. The molecule has 0 radical (unpaired) electrons. The van der Waals surface area contributed by atoms with Crippen LogP contribution >= 0.6 is 0 Å². The molecule has 3 rings (SSSR count). The maximum absolute atomic E-state index is 12.7. The number of morpholine rings is 1. The molecule has 0 aliphatic carbocycles. The molecule has 138 valence electrons. The van der Waals surface area contributed by atoms with Crippen LogP contribution in [0.15, 0.2) is 29.2 Å². The number of benzene rings is 1. The molecule has 2 unspecified atom stereocenters. The lowest BCUT2D eigenvalue weighted by Crippen LogP contribution is -2.44. The quantitative estimate of drug-likeness (QED) is 0.743. The van der Waals surface area contributed by atoms with Crippen molar-refractivity contribution in [2.24, 2.45) is 5.92 Å². The number of carbonyl (C=O) groups is 1. The van der Waals surface area contributed by atoms with E-state index < -0.39 is 31.9 Å². The van der Waals surface area contributed by atoms with E-state index >= 15 is 0 Å². The van der Waals surface area contributed by atoms with Gasteiger partial charge in [-0.2, -0.15) is 4.31 Å². The van der Waals surface area contributed by atoms with E-state index in [1.54, 1.807) is 13.8 Å². The molecule has 2 fully saturated rings. The Bertz CT molecular complexity index is 879. The fourth-order valence-electron chi connectivity index (χ4n) is 2.99. The molecular weight excluding hydrogens is 368 g/mol. The lowest BCUT2D eigenvalue weighted by molar-refractivity contribution is -0.119. The molecule has 2 atom stereocenters. The number of nitrogens with zero attached hydrogens (tertiary/aromatic N) is 2. The number of carbonyl (C=O) groups excluding carboxylic acids is 1. The average Bonchev–Trinajstić information content (AvgIpc) is 2.75. The average molecular weight is 388 g/mol. The van der Waals surface area contributed by atoms with Crippen molar-refractivity contribution in [3.8, 4) is 0 Å². The Morgan fingerprint density at radius 3 is 2.32 bits per heavy atom. The van der Waals surface area contributed by atoms with Crippen LogP contribution in [0.4, 0.5) is 5.69 Å². The van der Waals surface area contributed by atoms with Crippen LogP contribution in [0.25, 0.3) is 0 Å². The van der Waals surface area contributed by atoms with Gasteiger partial charge in [-0.15, -0.1) is 0 Å². The third-order valence-corrected chi connectivity index (χ3v) is 8.02. The van der Waals surface area contributed by atoms with E-state index in [1.807, 2.05) is 0 Å². The molecule has 2 aliphatic heterocycles. The number of ether oxygens (including phenoxy) is 1. The first-order chi connectivity index (χ1) is 11.6. The Labute approximate surface area is 147 Å². The van der Waals surface area contributed by atoms with Gasteiger partial charge in [0.1, 0.15) is 0 Å². The lowest BCUT2D eigenvalue weighted by Gasteiger charge is -2.30. The van der Waals surface area contributed by atoms with Crippen LogP contribution in [0.2, 0.25) is 0 Å². The van der Waals surface area contributed by atoms with Crippen LogP contribution in [0, 0.1) is 5.92 Å². The van der Waals surface area contributed by atoms with E-state index in [2.05, 4.69) is 0 Å². The second kappa shape index (κ2) is 6.35. The molecule has 2 heterocycles. The maximum Gasteiger partial charge on any atom is 0.244 e. The van der Waals surface area contributed by atoms with Gasteiger partial charge in [0.05, 0.1) is 35.0 Å². The number of hydrogen-bond acceptors (Lipinski definition) is 6. The SMILES string of the molecule is CC1CN(S(=O)(=O)c2ccc(N3C(=O)C(C)CS3(=O)=O)cc2)CCO1. The standard InChI is InChI=1S/C15H20N2O6S2/c1-11-10-24(19,20)17(15(11)18)13-3-5-14(6-4-13)25(21,22)16-7-8-23-12(2)9-16/h3-6,11-12H,7-10H2,1-2H3. The number of rotatable bonds is 3. The molecule has 0 bridgehead atoms. The van der Waals surface area contributed by atoms with Crippen molar-refractivity contribution in [3.63, 3.8) is 0 Å². The van der Waals surface area contributed by atoms with Crippen LogP contribution in [-0.4, -0.2) is 58.6 Å². The molecule has 0 saturated carbocycles. The Hall–Kier alpha value is -1.49. The molecule has 2 saturated heterocycles. The zero-order chi connectivity index (χ0) is 18.4. The van der Waals surface area contributed by atoms with Crippen LogP contribution in [0.1, 0.15) is 13.8 Å². The summed E-state index contributed by atoms with van der Waals surface area (Å²) in [6.07, 6.45) is -0.184. The minimum Gasteiger partial charge on any atom is -0.376 e. The van der Waals surface area contributed by atoms with Crippen molar-refractivity contribution in [2.75, 3.05) is 29.8 Å². The summed E-state index contributed by atoms with van der Waals surface area (Å²) in [5.41, 5.74) is 0.156. The Morgan fingerprint density at radius 1 is 1.16 bits per heavy atom. The largest absolute Gasteiger partial charge is 0.376 e. The molecule has 0 spiro atoms. The summed E-state index contributed by atoms with van der Waals surface area (Å²) in [6, 6.07) is 5.36. The summed E-state index contributed by atoms with van der Waals surface area (Å²) in [5, 5.41) is 0. The zero-order valence-corrected chi connectivity index (χ0v) is 15.6. The molecule has 0 aromatic heterocycles. The summed E-state index contributed by atoms with van der Waals surface area (Å²) in [5.74, 6) is -1.35. The van der Waals surface area contributed by atoms with E-state index in [0.29, 0.717) is 6.61 Å². The molecule has 1 aromatic rings. The molecular formula is C15H20N2O6S2. The van der Waals surface area contributed by atoms with Gasteiger partial charge in [-0.1, -0.05) is 6.92 Å². The first-order valence-electron chi connectivity index (χ1n) is 7.91. The number of anilines is 1. The van der Waals surface area contributed by atoms with Gasteiger partial charge in [-0.25, -0.2) is 21.1 Å². The molecule has 2 aliphatic rings. The summed E-state index contributed by atoms with van der Waals surface area (Å²) in [7, 11) is -7.40. The van der Waals surface area contributed by atoms with E-state index in [-0.39, 0.29) is 35.5 Å². The minimum atomic E-state index is -3.71. The van der Waals surface area contributed by atoms with Crippen LogP contribution in [0.5, 0.6) is 0 Å². The van der Waals surface area contributed by atoms with Crippen molar-refractivity contribution in [3.05, 3.63) is 24.3 Å².